The molecule has 5 atom stereocenters. The summed E-state index contributed by atoms with van der Waals surface area (Å²) in [5.41, 5.74) is 0. The summed E-state index contributed by atoms with van der Waals surface area (Å²) >= 11 is 0.720. The Morgan fingerprint density at radius 2 is 1.92 bits per heavy atom. The normalized spacial score (nSPS) is 50.5. The Morgan fingerprint density at radius 3 is 2.62 bits per heavy atom. The molecule has 0 unspecified atom stereocenters. The molecular formula is C6H10O6S. The third kappa shape index (κ3) is 1.57. The second-order valence-corrected chi connectivity index (χ2v) is 3.45. The zero-order valence-corrected chi connectivity index (χ0v) is 7.38. The van der Waals surface area contributed by atoms with Gasteiger partial charge in [-0.3, -0.25) is 8.37 Å². The highest BCUT2D eigenvalue weighted by Crippen LogP contribution is 2.34. The van der Waals surface area contributed by atoms with Gasteiger partial charge in [0.25, 0.3) is 0 Å². The SMILES string of the molecule is OC[C@H]1O[C@@H]2OSO[C@H]2[C@@H](O)[C@@H]1O. The lowest BCUT2D eigenvalue weighted by molar-refractivity contribution is -0.249. The Morgan fingerprint density at radius 1 is 1.15 bits per heavy atom. The topological polar surface area (TPSA) is 88.4 Å². The Balaban J connectivity index is 2.08. The van der Waals surface area contributed by atoms with E-state index < -0.39 is 30.7 Å². The van der Waals surface area contributed by atoms with Gasteiger partial charge in [-0.2, -0.15) is 0 Å². The molecule has 0 aromatic rings. The summed E-state index contributed by atoms with van der Waals surface area (Å²) in [4.78, 5) is 0. The molecule has 0 aromatic carbocycles. The molecule has 76 valence electrons. The maximum absolute atomic E-state index is 9.49. The zero-order valence-electron chi connectivity index (χ0n) is 6.57. The molecule has 2 aliphatic heterocycles. The molecule has 2 heterocycles. The summed E-state index contributed by atoms with van der Waals surface area (Å²) < 4.78 is 14.9. The number of aliphatic hydroxyl groups excluding tert-OH is 3. The smallest absolute Gasteiger partial charge is 0.203 e. The van der Waals surface area contributed by atoms with Crippen LogP contribution in [-0.4, -0.2) is 52.6 Å². The van der Waals surface area contributed by atoms with Gasteiger partial charge in [0.15, 0.2) is 18.4 Å². The van der Waals surface area contributed by atoms with Gasteiger partial charge in [-0.25, -0.2) is 0 Å². The van der Waals surface area contributed by atoms with Crippen molar-refractivity contribution in [2.45, 2.75) is 30.7 Å². The highest BCUT2D eigenvalue weighted by atomic mass is 32.2. The van der Waals surface area contributed by atoms with E-state index in [1.54, 1.807) is 0 Å². The van der Waals surface area contributed by atoms with Crippen LogP contribution in [0.25, 0.3) is 0 Å². The summed E-state index contributed by atoms with van der Waals surface area (Å²) in [7, 11) is 0. The van der Waals surface area contributed by atoms with Crippen LogP contribution in [-0.2, 0) is 13.1 Å². The summed E-state index contributed by atoms with van der Waals surface area (Å²) in [6, 6.07) is 0. The maximum atomic E-state index is 9.49. The van der Waals surface area contributed by atoms with Crippen molar-refractivity contribution in [3.63, 3.8) is 0 Å². The average molecular weight is 210 g/mol. The number of fused-ring (bicyclic) bond motifs is 1. The van der Waals surface area contributed by atoms with Crippen molar-refractivity contribution in [3.05, 3.63) is 0 Å². The lowest BCUT2D eigenvalue weighted by Crippen LogP contribution is -2.57. The summed E-state index contributed by atoms with van der Waals surface area (Å²) in [6.45, 7) is -0.366. The number of rotatable bonds is 1. The van der Waals surface area contributed by atoms with E-state index in [0.717, 1.165) is 12.3 Å². The van der Waals surface area contributed by atoms with Crippen molar-refractivity contribution >= 4 is 12.3 Å². The lowest BCUT2D eigenvalue weighted by Gasteiger charge is -2.36. The Hall–Kier alpha value is 0.110. The highest BCUT2D eigenvalue weighted by Gasteiger charge is 2.49. The van der Waals surface area contributed by atoms with E-state index in [-0.39, 0.29) is 6.61 Å². The van der Waals surface area contributed by atoms with Crippen LogP contribution < -0.4 is 0 Å². The first kappa shape index (κ1) is 9.66. The Labute approximate surface area is 78.8 Å². The molecule has 0 aromatic heterocycles. The summed E-state index contributed by atoms with van der Waals surface area (Å²) in [6.07, 6.45) is -4.47. The maximum Gasteiger partial charge on any atom is 0.203 e. The van der Waals surface area contributed by atoms with Crippen LogP contribution in [0.2, 0.25) is 0 Å². The minimum Gasteiger partial charge on any atom is -0.394 e. The molecule has 6 nitrogen and oxygen atoms in total. The number of hydrogen-bond donors (Lipinski definition) is 3. The largest absolute Gasteiger partial charge is 0.394 e. The van der Waals surface area contributed by atoms with Crippen molar-refractivity contribution in [2.24, 2.45) is 0 Å². The molecular weight excluding hydrogens is 200 g/mol. The fourth-order valence-corrected chi connectivity index (χ4v) is 1.92. The van der Waals surface area contributed by atoms with Crippen molar-refractivity contribution in [2.75, 3.05) is 6.61 Å². The second-order valence-electron chi connectivity index (χ2n) is 2.93. The molecule has 2 fully saturated rings. The third-order valence-corrected chi connectivity index (χ3v) is 2.68. The van der Waals surface area contributed by atoms with Crippen molar-refractivity contribution in [3.8, 4) is 0 Å². The van der Waals surface area contributed by atoms with E-state index in [4.69, 9.17) is 18.2 Å². The van der Waals surface area contributed by atoms with Gasteiger partial charge in [0.05, 0.1) is 6.61 Å². The Bertz CT molecular complexity index is 190. The fraction of sp³-hybridized carbons (Fsp3) is 1.00. The van der Waals surface area contributed by atoms with Crippen LogP contribution in [0.1, 0.15) is 0 Å². The predicted molar refractivity (Wildman–Crippen MR) is 41.3 cm³/mol. The lowest BCUT2D eigenvalue weighted by atomic mass is 10.00. The van der Waals surface area contributed by atoms with E-state index >= 15 is 0 Å². The molecule has 0 amide bonds. The standard InChI is InChI=1S/C6H10O6S/c7-1-2-3(8)4(9)5-6(10-2)12-13-11-5/h2-9H,1H2/t2-,3-,4+,5+,6-/m1/s1. The van der Waals surface area contributed by atoms with E-state index in [0.29, 0.717) is 0 Å². The number of ether oxygens (including phenoxy) is 1. The van der Waals surface area contributed by atoms with Gasteiger partial charge >= 0.3 is 0 Å². The van der Waals surface area contributed by atoms with Crippen LogP contribution in [0.4, 0.5) is 0 Å². The second kappa shape index (κ2) is 3.70. The van der Waals surface area contributed by atoms with Crippen molar-refractivity contribution < 1.29 is 28.4 Å². The van der Waals surface area contributed by atoms with Crippen LogP contribution in [0.5, 0.6) is 0 Å². The van der Waals surface area contributed by atoms with Gasteiger partial charge in [0.2, 0.25) is 6.29 Å². The molecule has 0 spiro atoms. The van der Waals surface area contributed by atoms with Crippen molar-refractivity contribution in [1.29, 1.82) is 0 Å². The molecule has 7 heteroatoms. The van der Waals surface area contributed by atoms with Gasteiger partial charge in [0, 0.05) is 0 Å². The quantitative estimate of drug-likeness (QED) is 0.449. The average Bonchev–Trinajstić information content (AvgIpc) is 2.59. The zero-order chi connectivity index (χ0) is 9.42. The monoisotopic (exact) mass is 210 g/mol. The predicted octanol–water partition coefficient (Wildman–Crippen LogP) is -1.60. The van der Waals surface area contributed by atoms with Crippen LogP contribution in [0.3, 0.4) is 0 Å². The summed E-state index contributed by atoms with van der Waals surface area (Å²) in [5, 5.41) is 27.7. The van der Waals surface area contributed by atoms with Gasteiger partial charge in [0.1, 0.15) is 18.3 Å². The molecule has 2 rings (SSSR count). The minimum atomic E-state index is -1.14. The van der Waals surface area contributed by atoms with Crippen LogP contribution in [0.15, 0.2) is 0 Å². The van der Waals surface area contributed by atoms with Crippen molar-refractivity contribution in [1.82, 2.24) is 0 Å². The first-order chi connectivity index (χ1) is 6.24. The molecule has 0 aliphatic carbocycles. The fourth-order valence-electron chi connectivity index (χ4n) is 1.34. The molecule has 2 aliphatic rings. The molecule has 3 N–H and O–H groups in total. The van der Waals surface area contributed by atoms with Crippen LogP contribution >= 0.6 is 12.3 Å². The van der Waals surface area contributed by atoms with Gasteiger partial charge in [-0.15, -0.1) is 0 Å². The van der Waals surface area contributed by atoms with E-state index in [1.165, 1.54) is 0 Å². The Kier molecular flexibility index (Phi) is 2.75. The van der Waals surface area contributed by atoms with Crippen LogP contribution in [0, 0.1) is 0 Å². The number of hydrogen-bond acceptors (Lipinski definition) is 7. The van der Waals surface area contributed by atoms with E-state index in [1.807, 2.05) is 0 Å². The number of aliphatic hydroxyl groups is 3. The minimum absolute atomic E-state index is 0.366. The molecule has 0 bridgehead atoms. The van der Waals surface area contributed by atoms with E-state index in [2.05, 4.69) is 0 Å². The van der Waals surface area contributed by atoms with Gasteiger partial charge < -0.3 is 20.1 Å². The molecule has 0 saturated carbocycles. The third-order valence-electron chi connectivity index (χ3n) is 2.11. The molecule has 2 saturated heterocycles. The molecule has 13 heavy (non-hydrogen) atoms. The highest BCUT2D eigenvalue weighted by molar-refractivity contribution is 7.90. The first-order valence-corrected chi connectivity index (χ1v) is 4.52. The van der Waals surface area contributed by atoms with Gasteiger partial charge in [-0.1, -0.05) is 0 Å². The molecule has 0 radical (unpaired) electrons. The van der Waals surface area contributed by atoms with E-state index in [9.17, 15) is 10.2 Å². The van der Waals surface area contributed by atoms with Gasteiger partial charge in [-0.05, 0) is 0 Å². The summed E-state index contributed by atoms with van der Waals surface area (Å²) in [5.74, 6) is 0. The first-order valence-electron chi connectivity index (χ1n) is 3.85.